The lowest BCUT2D eigenvalue weighted by Crippen LogP contribution is -2.14. The topological polar surface area (TPSA) is 35.5 Å². The first-order valence-corrected chi connectivity index (χ1v) is 3.78. The van der Waals surface area contributed by atoms with Gasteiger partial charge in [0.15, 0.2) is 6.61 Å². The van der Waals surface area contributed by atoms with Gasteiger partial charge < -0.3 is 0 Å². The van der Waals surface area contributed by atoms with Gasteiger partial charge in [0.25, 0.3) is 0 Å². The van der Waals surface area contributed by atoms with Gasteiger partial charge >= 0.3 is 14.4 Å². The normalized spacial score (nSPS) is 12.3. The summed E-state index contributed by atoms with van der Waals surface area (Å²) in [6.45, 7) is -1.94. The molecule has 68 valence electrons. The quantitative estimate of drug-likeness (QED) is 0.514. The highest BCUT2D eigenvalue weighted by molar-refractivity contribution is 7.33. The van der Waals surface area contributed by atoms with Crippen LogP contribution in [0, 0.1) is 12.3 Å². The van der Waals surface area contributed by atoms with Crippen LogP contribution in [0.1, 0.15) is 0 Å². The molecule has 0 fully saturated rings. The van der Waals surface area contributed by atoms with Crippen LogP contribution < -0.4 is 0 Å². The molecule has 0 rings (SSSR count). The number of rotatable bonds is 4. The molecule has 0 spiro atoms. The van der Waals surface area contributed by atoms with Crippen molar-refractivity contribution in [2.24, 2.45) is 0 Å². The average Bonchev–Trinajstić information content (AvgIpc) is 1.95. The molecule has 0 aromatic heterocycles. The number of hydrogen-bond acceptors (Lipinski definition) is 3. The average molecular weight is 201 g/mol. The van der Waals surface area contributed by atoms with Gasteiger partial charge in [0.05, 0.1) is 0 Å². The minimum atomic E-state index is -4.51. The van der Waals surface area contributed by atoms with Crippen LogP contribution in [-0.2, 0) is 13.6 Å². The van der Waals surface area contributed by atoms with Crippen molar-refractivity contribution in [3.63, 3.8) is 0 Å². The first kappa shape index (κ1) is 11.4. The summed E-state index contributed by atoms with van der Waals surface area (Å²) in [5.41, 5.74) is 0. The predicted molar refractivity (Wildman–Crippen MR) is 34.4 cm³/mol. The molecule has 0 aliphatic rings. The van der Waals surface area contributed by atoms with Gasteiger partial charge in [0, 0.05) is 4.57 Å². The Morgan fingerprint density at radius 2 is 2.00 bits per heavy atom. The number of halogens is 3. The van der Waals surface area contributed by atoms with Crippen molar-refractivity contribution in [2.75, 3.05) is 13.2 Å². The van der Waals surface area contributed by atoms with Crippen molar-refractivity contribution in [3.8, 4) is 12.3 Å². The van der Waals surface area contributed by atoms with Gasteiger partial charge in [-0.05, 0) is 0 Å². The zero-order valence-electron chi connectivity index (χ0n) is 5.80. The third-order valence-corrected chi connectivity index (χ3v) is 1.27. The molecule has 0 bridgehead atoms. The highest BCUT2D eigenvalue weighted by atomic mass is 31.1. The smallest absolute Gasteiger partial charge is 0.168 e. The summed E-state index contributed by atoms with van der Waals surface area (Å²) in [4.78, 5) is 0. The molecule has 1 atom stereocenters. The van der Waals surface area contributed by atoms with Crippen LogP contribution in [0.2, 0.25) is 0 Å². The standard InChI is InChI=1S/C5H5F3O3P/c1-2-3-10-12(9)11-4-5(6,7)8/h1H,3-4H2/q+1. The summed E-state index contributed by atoms with van der Waals surface area (Å²) < 4.78 is 52.4. The predicted octanol–water partition coefficient (Wildman–Crippen LogP) is 1.87. The molecular weight excluding hydrogens is 196 g/mol. The fourth-order valence-corrected chi connectivity index (χ4v) is 0.759. The zero-order chi connectivity index (χ0) is 9.61. The monoisotopic (exact) mass is 201 g/mol. The molecule has 0 aromatic carbocycles. The number of alkyl halides is 3. The van der Waals surface area contributed by atoms with E-state index in [1.165, 1.54) is 0 Å². The molecule has 1 unspecified atom stereocenters. The van der Waals surface area contributed by atoms with Gasteiger partial charge in [-0.15, -0.1) is 15.5 Å². The molecule has 0 heterocycles. The SMILES string of the molecule is C#CCO[P+](=O)OCC(F)(F)F. The lowest BCUT2D eigenvalue weighted by atomic mass is 10.7. The van der Waals surface area contributed by atoms with E-state index in [2.05, 4.69) is 15.5 Å². The van der Waals surface area contributed by atoms with Gasteiger partial charge in [0.2, 0.25) is 6.61 Å². The third-order valence-electron chi connectivity index (χ3n) is 0.587. The highest BCUT2D eigenvalue weighted by Gasteiger charge is 2.34. The van der Waals surface area contributed by atoms with Crippen LogP contribution >= 0.6 is 8.25 Å². The summed E-state index contributed by atoms with van der Waals surface area (Å²) >= 11 is 0. The molecule has 0 saturated heterocycles. The summed E-state index contributed by atoms with van der Waals surface area (Å²) in [5, 5.41) is 0. The Kier molecular flexibility index (Phi) is 4.83. The van der Waals surface area contributed by atoms with Gasteiger partial charge in [-0.2, -0.15) is 13.2 Å². The van der Waals surface area contributed by atoms with E-state index < -0.39 is 21.0 Å². The molecule has 12 heavy (non-hydrogen) atoms. The van der Waals surface area contributed by atoms with Gasteiger partial charge in [-0.25, -0.2) is 0 Å². The lowest BCUT2D eigenvalue weighted by molar-refractivity contribution is -0.154. The van der Waals surface area contributed by atoms with E-state index in [0.717, 1.165) is 0 Å². The van der Waals surface area contributed by atoms with E-state index in [4.69, 9.17) is 0 Å². The molecule has 0 radical (unpaired) electrons. The van der Waals surface area contributed by atoms with Crippen LogP contribution in [0.5, 0.6) is 0 Å². The van der Waals surface area contributed by atoms with Crippen LogP contribution in [0.15, 0.2) is 0 Å². The largest absolute Gasteiger partial charge is 0.698 e. The lowest BCUT2D eigenvalue weighted by Gasteiger charge is -1.97. The molecule has 7 heteroatoms. The summed E-state index contributed by atoms with van der Waals surface area (Å²) in [6.07, 6.45) is 0.168. The van der Waals surface area contributed by atoms with Crippen molar-refractivity contribution in [1.29, 1.82) is 0 Å². The molecule has 3 nitrogen and oxygen atoms in total. The Hall–Kier alpha value is -0.630. The van der Waals surface area contributed by atoms with Crippen molar-refractivity contribution in [2.45, 2.75) is 6.18 Å². The summed E-state index contributed by atoms with van der Waals surface area (Å²) in [6, 6.07) is 0. The maximum Gasteiger partial charge on any atom is 0.698 e. The molecule has 0 amide bonds. The van der Waals surface area contributed by atoms with Crippen molar-refractivity contribution in [1.82, 2.24) is 0 Å². The second kappa shape index (κ2) is 5.09. The van der Waals surface area contributed by atoms with Crippen molar-refractivity contribution in [3.05, 3.63) is 0 Å². The number of hydrogen-bond donors (Lipinski definition) is 0. The minimum absolute atomic E-state index is 0.340. The van der Waals surface area contributed by atoms with Gasteiger partial charge in [0.1, 0.15) is 0 Å². The molecule has 0 saturated carbocycles. The van der Waals surface area contributed by atoms with E-state index in [-0.39, 0.29) is 6.61 Å². The van der Waals surface area contributed by atoms with E-state index in [1.54, 1.807) is 0 Å². The first-order valence-electron chi connectivity index (χ1n) is 2.69. The summed E-state index contributed by atoms with van der Waals surface area (Å²) in [7, 11) is -2.76. The molecule has 0 aromatic rings. The summed E-state index contributed by atoms with van der Waals surface area (Å²) in [5.74, 6) is 1.93. The highest BCUT2D eigenvalue weighted by Crippen LogP contribution is 2.27. The Bertz CT molecular complexity index is 195. The second-order valence-corrected chi connectivity index (χ2v) is 2.55. The maximum atomic E-state index is 11.4. The Balaban J connectivity index is 3.53. The van der Waals surface area contributed by atoms with E-state index >= 15 is 0 Å². The zero-order valence-corrected chi connectivity index (χ0v) is 6.69. The third kappa shape index (κ3) is 7.48. The molecule has 0 N–H and O–H groups in total. The van der Waals surface area contributed by atoms with Crippen LogP contribution in [0.25, 0.3) is 0 Å². The Morgan fingerprint density at radius 1 is 1.42 bits per heavy atom. The van der Waals surface area contributed by atoms with Crippen LogP contribution in [0.3, 0.4) is 0 Å². The fourth-order valence-electron chi connectivity index (χ4n) is 0.253. The Morgan fingerprint density at radius 3 is 2.42 bits per heavy atom. The van der Waals surface area contributed by atoms with Crippen molar-refractivity contribution < 1.29 is 26.8 Å². The van der Waals surface area contributed by atoms with E-state index in [9.17, 15) is 17.7 Å². The van der Waals surface area contributed by atoms with E-state index in [0.29, 0.717) is 0 Å². The Labute approximate surface area is 67.8 Å². The van der Waals surface area contributed by atoms with Crippen LogP contribution in [0.4, 0.5) is 13.2 Å². The maximum absolute atomic E-state index is 11.4. The van der Waals surface area contributed by atoms with Crippen molar-refractivity contribution >= 4 is 8.25 Å². The molecule has 0 aliphatic heterocycles. The molecular formula is C5H5F3O3P+. The van der Waals surface area contributed by atoms with E-state index in [1.807, 2.05) is 5.92 Å². The minimum Gasteiger partial charge on any atom is -0.168 e. The van der Waals surface area contributed by atoms with Gasteiger partial charge in [-0.3, -0.25) is 0 Å². The number of terminal acetylenes is 1. The fraction of sp³-hybridized carbons (Fsp3) is 0.600. The molecule has 0 aliphatic carbocycles. The first-order chi connectivity index (χ1) is 5.45. The van der Waals surface area contributed by atoms with Gasteiger partial charge in [-0.1, -0.05) is 5.92 Å². The second-order valence-electron chi connectivity index (χ2n) is 1.59. The van der Waals surface area contributed by atoms with Crippen LogP contribution in [-0.4, -0.2) is 19.4 Å².